The molecular formula is C14H29NO2. The number of rotatable bonds is 5. The van der Waals surface area contributed by atoms with Gasteiger partial charge in [0.05, 0.1) is 11.7 Å². The van der Waals surface area contributed by atoms with E-state index in [1.54, 1.807) is 7.11 Å². The molecule has 3 atom stereocenters. The number of ether oxygens (including phenoxy) is 1. The van der Waals surface area contributed by atoms with E-state index in [2.05, 4.69) is 18.9 Å². The third-order valence-electron chi connectivity index (χ3n) is 4.42. The highest BCUT2D eigenvalue weighted by Crippen LogP contribution is 2.28. The van der Waals surface area contributed by atoms with E-state index in [1.807, 2.05) is 13.8 Å². The molecule has 3 unspecified atom stereocenters. The topological polar surface area (TPSA) is 32.7 Å². The van der Waals surface area contributed by atoms with Gasteiger partial charge in [-0.2, -0.15) is 0 Å². The fraction of sp³-hybridized carbons (Fsp3) is 1.00. The van der Waals surface area contributed by atoms with Gasteiger partial charge in [-0.05, 0) is 39.7 Å². The minimum absolute atomic E-state index is 0.438. The van der Waals surface area contributed by atoms with Crippen LogP contribution in [0.1, 0.15) is 46.5 Å². The predicted molar refractivity (Wildman–Crippen MR) is 71.1 cm³/mol. The summed E-state index contributed by atoms with van der Waals surface area (Å²) >= 11 is 0. The van der Waals surface area contributed by atoms with E-state index in [0.717, 1.165) is 5.92 Å². The summed E-state index contributed by atoms with van der Waals surface area (Å²) in [6.45, 7) is 6.90. The summed E-state index contributed by atoms with van der Waals surface area (Å²) in [6, 6.07) is 0.617. The van der Waals surface area contributed by atoms with E-state index in [4.69, 9.17) is 4.74 Å². The van der Waals surface area contributed by atoms with E-state index in [9.17, 15) is 5.11 Å². The van der Waals surface area contributed by atoms with Crippen molar-refractivity contribution >= 4 is 0 Å². The Balaban J connectivity index is 2.50. The van der Waals surface area contributed by atoms with E-state index < -0.39 is 11.7 Å². The highest BCUT2D eigenvalue weighted by molar-refractivity contribution is 4.85. The van der Waals surface area contributed by atoms with E-state index in [-0.39, 0.29) is 0 Å². The standard InChI is InChI=1S/C14H29NO2/c1-11-8-6-7-9-12(11)15(4)10-13(16)14(2,3)17-5/h11-13,16H,6-10H2,1-5H3. The molecule has 102 valence electrons. The zero-order valence-corrected chi connectivity index (χ0v) is 12.1. The van der Waals surface area contributed by atoms with Crippen LogP contribution < -0.4 is 0 Å². The van der Waals surface area contributed by atoms with Crippen molar-refractivity contribution in [1.82, 2.24) is 4.90 Å². The second-order valence-corrected chi connectivity index (χ2v) is 6.09. The first-order valence-corrected chi connectivity index (χ1v) is 6.82. The summed E-state index contributed by atoms with van der Waals surface area (Å²) in [6.07, 6.45) is 4.82. The van der Waals surface area contributed by atoms with Gasteiger partial charge in [0.2, 0.25) is 0 Å². The van der Waals surface area contributed by atoms with Crippen LogP contribution in [-0.2, 0) is 4.74 Å². The van der Waals surface area contributed by atoms with Gasteiger partial charge in [0.25, 0.3) is 0 Å². The van der Waals surface area contributed by atoms with Crippen LogP contribution in [0.25, 0.3) is 0 Å². The van der Waals surface area contributed by atoms with Crippen molar-refractivity contribution in [3.8, 4) is 0 Å². The quantitative estimate of drug-likeness (QED) is 0.804. The Morgan fingerprint density at radius 3 is 2.47 bits per heavy atom. The Morgan fingerprint density at radius 1 is 1.35 bits per heavy atom. The molecule has 1 N–H and O–H groups in total. The van der Waals surface area contributed by atoms with Crippen molar-refractivity contribution < 1.29 is 9.84 Å². The van der Waals surface area contributed by atoms with Gasteiger partial charge in [0.15, 0.2) is 0 Å². The Hall–Kier alpha value is -0.120. The van der Waals surface area contributed by atoms with Crippen LogP contribution in [-0.4, -0.2) is 48.5 Å². The molecule has 0 aromatic rings. The maximum atomic E-state index is 10.2. The highest BCUT2D eigenvalue weighted by Gasteiger charge is 2.32. The Kier molecular flexibility index (Phi) is 5.42. The molecule has 0 bridgehead atoms. The largest absolute Gasteiger partial charge is 0.389 e. The van der Waals surface area contributed by atoms with Crippen LogP contribution in [0, 0.1) is 5.92 Å². The average Bonchev–Trinajstić information content (AvgIpc) is 2.29. The minimum atomic E-state index is -0.466. The van der Waals surface area contributed by atoms with Gasteiger partial charge in [0, 0.05) is 19.7 Å². The van der Waals surface area contributed by atoms with E-state index in [0.29, 0.717) is 12.6 Å². The smallest absolute Gasteiger partial charge is 0.0950 e. The third kappa shape index (κ3) is 3.94. The third-order valence-corrected chi connectivity index (χ3v) is 4.42. The summed E-state index contributed by atoms with van der Waals surface area (Å²) in [5.74, 6) is 0.742. The summed E-state index contributed by atoms with van der Waals surface area (Å²) in [5.41, 5.74) is -0.466. The Morgan fingerprint density at radius 2 is 1.94 bits per heavy atom. The van der Waals surface area contributed by atoms with Gasteiger partial charge in [-0.3, -0.25) is 0 Å². The Bertz CT molecular complexity index is 230. The molecule has 1 fully saturated rings. The first-order chi connectivity index (χ1) is 7.88. The lowest BCUT2D eigenvalue weighted by Crippen LogP contribution is -2.49. The maximum absolute atomic E-state index is 10.2. The molecule has 0 saturated heterocycles. The molecule has 0 spiro atoms. The van der Waals surface area contributed by atoms with Gasteiger partial charge in [-0.1, -0.05) is 19.8 Å². The number of aliphatic hydroxyl groups excluding tert-OH is 1. The molecule has 0 radical (unpaired) electrons. The van der Waals surface area contributed by atoms with Crippen molar-refractivity contribution in [3.63, 3.8) is 0 Å². The second-order valence-electron chi connectivity index (χ2n) is 6.09. The number of methoxy groups -OCH3 is 1. The highest BCUT2D eigenvalue weighted by atomic mass is 16.5. The van der Waals surface area contributed by atoms with Crippen molar-refractivity contribution in [1.29, 1.82) is 0 Å². The van der Waals surface area contributed by atoms with Gasteiger partial charge < -0.3 is 14.7 Å². The summed E-state index contributed by atoms with van der Waals surface area (Å²) < 4.78 is 5.34. The van der Waals surface area contributed by atoms with Crippen LogP contribution in [0.15, 0.2) is 0 Å². The molecule has 3 heteroatoms. The number of nitrogens with zero attached hydrogens (tertiary/aromatic N) is 1. The lowest BCUT2D eigenvalue weighted by molar-refractivity contribution is -0.0913. The monoisotopic (exact) mass is 243 g/mol. The van der Waals surface area contributed by atoms with Gasteiger partial charge in [0.1, 0.15) is 0 Å². The minimum Gasteiger partial charge on any atom is -0.389 e. The van der Waals surface area contributed by atoms with Gasteiger partial charge in [-0.25, -0.2) is 0 Å². The fourth-order valence-corrected chi connectivity index (χ4v) is 2.72. The molecule has 1 aliphatic carbocycles. The van der Waals surface area contributed by atoms with E-state index in [1.165, 1.54) is 25.7 Å². The van der Waals surface area contributed by atoms with Crippen molar-refractivity contribution in [2.45, 2.75) is 64.2 Å². The number of likely N-dealkylation sites (N-methyl/N-ethyl adjacent to an activating group) is 1. The molecule has 1 aliphatic rings. The molecule has 17 heavy (non-hydrogen) atoms. The zero-order valence-electron chi connectivity index (χ0n) is 12.1. The average molecular weight is 243 g/mol. The normalized spacial score (nSPS) is 28.4. The van der Waals surface area contributed by atoms with Crippen LogP contribution >= 0.6 is 0 Å². The number of aliphatic hydroxyl groups is 1. The molecule has 1 rings (SSSR count). The molecule has 0 aromatic carbocycles. The number of hydrogen-bond acceptors (Lipinski definition) is 3. The van der Waals surface area contributed by atoms with Gasteiger partial charge in [-0.15, -0.1) is 0 Å². The lowest BCUT2D eigenvalue weighted by Gasteiger charge is -2.39. The van der Waals surface area contributed by atoms with Gasteiger partial charge >= 0.3 is 0 Å². The maximum Gasteiger partial charge on any atom is 0.0950 e. The van der Waals surface area contributed by atoms with Crippen molar-refractivity contribution in [3.05, 3.63) is 0 Å². The van der Waals surface area contributed by atoms with Crippen LogP contribution in [0.3, 0.4) is 0 Å². The van der Waals surface area contributed by atoms with E-state index >= 15 is 0 Å². The molecule has 0 heterocycles. The molecule has 3 nitrogen and oxygen atoms in total. The summed E-state index contributed by atoms with van der Waals surface area (Å²) in [7, 11) is 3.79. The van der Waals surface area contributed by atoms with Crippen molar-refractivity contribution in [2.75, 3.05) is 20.7 Å². The SMILES string of the molecule is COC(C)(C)C(O)CN(C)C1CCCCC1C. The lowest BCUT2D eigenvalue weighted by atomic mass is 9.84. The van der Waals surface area contributed by atoms with Crippen LogP contribution in [0.5, 0.6) is 0 Å². The number of hydrogen-bond donors (Lipinski definition) is 1. The van der Waals surface area contributed by atoms with Crippen LogP contribution in [0.2, 0.25) is 0 Å². The predicted octanol–water partition coefficient (Wildman–Crippen LogP) is 2.28. The molecule has 0 amide bonds. The molecule has 0 aliphatic heterocycles. The van der Waals surface area contributed by atoms with Crippen molar-refractivity contribution in [2.24, 2.45) is 5.92 Å². The molecule has 0 aromatic heterocycles. The second kappa shape index (κ2) is 6.17. The first-order valence-electron chi connectivity index (χ1n) is 6.82. The summed E-state index contributed by atoms with van der Waals surface area (Å²) in [5, 5.41) is 10.2. The Labute approximate surface area is 106 Å². The fourth-order valence-electron chi connectivity index (χ4n) is 2.72. The molecular weight excluding hydrogens is 214 g/mol. The zero-order chi connectivity index (χ0) is 13.1. The summed E-state index contributed by atoms with van der Waals surface area (Å²) in [4.78, 5) is 2.31. The van der Waals surface area contributed by atoms with Crippen LogP contribution in [0.4, 0.5) is 0 Å². The molecule has 1 saturated carbocycles. The first kappa shape index (κ1) is 14.9.